The first-order chi connectivity index (χ1) is 21.8. The summed E-state index contributed by atoms with van der Waals surface area (Å²) in [6.07, 6.45) is 5.67. The second-order valence-electron chi connectivity index (χ2n) is 11.9. The predicted octanol–water partition coefficient (Wildman–Crippen LogP) is -0.753. The zero-order chi connectivity index (χ0) is 34.6. The number of rotatable bonds is 22. The van der Waals surface area contributed by atoms with Crippen LogP contribution in [0.5, 0.6) is 0 Å². The molecule has 1 fully saturated rings. The van der Waals surface area contributed by atoms with Crippen LogP contribution in [-0.2, 0) is 28.8 Å². The molecule has 1 aliphatic rings. The van der Waals surface area contributed by atoms with Crippen molar-refractivity contribution in [1.82, 2.24) is 41.4 Å². The molecule has 6 N–H and O–H groups in total. The van der Waals surface area contributed by atoms with Crippen LogP contribution in [-0.4, -0.2) is 139 Å². The summed E-state index contributed by atoms with van der Waals surface area (Å²) in [5.74, 6) is -2.12. The minimum absolute atomic E-state index is 0.0125. The van der Waals surface area contributed by atoms with Gasteiger partial charge in [0.05, 0.1) is 19.1 Å². The lowest BCUT2D eigenvalue weighted by Crippen LogP contribution is -2.52. The van der Waals surface area contributed by atoms with Gasteiger partial charge in [-0.05, 0) is 52.6 Å². The topological polar surface area (TPSA) is 193 Å². The Hall–Kier alpha value is -2.95. The van der Waals surface area contributed by atoms with Gasteiger partial charge in [0.1, 0.15) is 18.6 Å². The van der Waals surface area contributed by atoms with E-state index in [4.69, 9.17) is 0 Å². The Balaban J connectivity index is 2.84. The molecule has 16 heteroatoms. The third-order valence-electron chi connectivity index (χ3n) is 8.01. The van der Waals surface area contributed by atoms with E-state index in [1.54, 1.807) is 11.9 Å². The Labute approximate surface area is 278 Å². The minimum atomic E-state index is -0.997. The number of thiol groups is 1. The number of nitrogens with zero attached hydrogens (tertiary/aromatic N) is 3. The van der Waals surface area contributed by atoms with Crippen molar-refractivity contribution in [2.75, 3.05) is 59.6 Å². The van der Waals surface area contributed by atoms with E-state index in [2.05, 4.69) is 46.1 Å². The van der Waals surface area contributed by atoms with Gasteiger partial charge in [0.25, 0.3) is 0 Å². The average Bonchev–Trinajstić information content (AvgIpc) is 3.45. The Morgan fingerprint density at radius 3 is 2.04 bits per heavy atom. The molecule has 1 heterocycles. The summed E-state index contributed by atoms with van der Waals surface area (Å²) in [6, 6.07) is -2.16. The van der Waals surface area contributed by atoms with Crippen LogP contribution in [0.15, 0.2) is 0 Å². The quantitative estimate of drug-likeness (QED) is 0.0440. The van der Waals surface area contributed by atoms with Crippen LogP contribution in [0, 0.1) is 0 Å². The van der Waals surface area contributed by atoms with E-state index in [-0.39, 0.29) is 56.4 Å². The van der Waals surface area contributed by atoms with Crippen molar-refractivity contribution in [2.24, 2.45) is 0 Å². The Bertz CT molecular complexity index is 1000. The SMILES string of the molecule is CCCC[C@@H](C)N(C)C(=O)CNC(=O)[C@H](CCCC[C@@H](NC(=O)CN(C)O)C(=O)NCCS)NC(=O)CNC(=O)C1CCCN1C. The number of hydroxylamine groups is 2. The molecule has 0 radical (unpaired) electrons. The number of likely N-dealkylation sites (N-methyl/N-ethyl adjacent to an activating group) is 3. The Kier molecular flexibility index (Phi) is 20.1. The van der Waals surface area contributed by atoms with Crippen LogP contribution < -0.4 is 26.6 Å². The first-order valence-corrected chi connectivity index (χ1v) is 16.8. The molecule has 4 atom stereocenters. The maximum Gasteiger partial charge on any atom is 0.243 e. The van der Waals surface area contributed by atoms with E-state index in [1.807, 2.05) is 18.9 Å². The van der Waals surface area contributed by atoms with Crippen molar-refractivity contribution in [3.8, 4) is 0 Å². The highest BCUT2D eigenvalue weighted by Gasteiger charge is 2.29. The number of carbonyl (C=O) groups is 6. The van der Waals surface area contributed by atoms with Crippen molar-refractivity contribution < 1.29 is 34.0 Å². The van der Waals surface area contributed by atoms with Gasteiger partial charge in [-0.25, -0.2) is 0 Å². The lowest BCUT2D eigenvalue weighted by Gasteiger charge is -2.26. The van der Waals surface area contributed by atoms with Gasteiger partial charge >= 0.3 is 0 Å². The van der Waals surface area contributed by atoms with E-state index in [9.17, 15) is 34.0 Å². The zero-order valence-electron chi connectivity index (χ0n) is 28.1. The maximum absolute atomic E-state index is 13.2. The Morgan fingerprint density at radius 1 is 0.891 bits per heavy atom. The lowest BCUT2D eigenvalue weighted by molar-refractivity contribution is -0.137. The lowest BCUT2D eigenvalue weighted by atomic mass is 10.0. The number of unbranched alkanes of at least 4 members (excludes halogenated alkanes) is 2. The van der Waals surface area contributed by atoms with E-state index >= 15 is 0 Å². The van der Waals surface area contributed by atoms with Crippen molar-refractivity contribution in [3.05, 3.63) is 0 Å². The highest BCUT2D eigenvalue weighted by atomic mass is 32.1. The molecule has 0 spiro atoms. The second kappa shape index (κ2) is 22.6. The molecule has 0 saturated carbocycles. The van der Waals surface area contributed by atoms with E-state index in [1.165, 1.54) is 7.05 Å². The first-order valence-electron chi connectivity index (χ1n) is 16.2. The third kappa shape index (κ3) is 16.1. The van der Waals surface area contributed by atoms with Gasteiger partial charge in [0.15, 0.2) is 0 Å². The molecule has 264 valence electrons. The maximum atomic E-state index is 13.2. The summed E-state index contributed by atoms with van der Waals surface area (Å²) >= 11 is 4.09. The monoisotopic (exact) mass is 672 g/mol. The molecule has 1 saturated heterocycles. The molecular weight excluding hydrogens is 616 g/mol. The van der Waals surface area contributed by atoms with Gasteiger partial charge in [-0.3, -0.25) is 33.7 Å². The number of nitrogens with one attached hydrogen (secondary N) is 5. The predicted molar refractivity (Wildman–Crippen MR) is 177 cm³/mol. The van der Waals surface area contributed by atoms with E-state index in [0.29, 0.717) is 36.6 Å². The van der Waals surface area contributed by atoms with E-state index in [0.717, 1.165) is 32.2 Å². The van der Waals surface area contributed by atoms with Gasteiger partial charge in [0, 0.05) is 32.4 Å². The van der Waals surface area contributed by atoms with Gasteiger partial charge in [-0.2, -0.15) is 17.7 Å². The molecule has 1 aliphatic heterocycles. The fourth-order valence-corrected chi connectivity index (χ4v) is 5.22. The van der Waals surface area contributed by atoms with Gasteiger partial charge < -0.3 is 36.7 Å². The van der Waals surface area contributed by atoms with Crippen molar-refractivity contribution in [3.63, 3.8) is 0 Å². The highest BCUT2D eigenvalue weighted by molar-refractivity contribution is 7.80. The molecule has 15 nitrogen and oxygen atoms in total. The fraction of sp³-hybridized carbons (Fsp3) is 0.800. The van der Waals surface area contributed by atoms with Crippen LogP contribution in [0.3, 0.4) is 0 Å². The average molecular weight is 673 g/mol. The molecule has 1 rings (SSSR count). The largest absolute Gasteiger partial charge is 0.353 e. The first kappa shape index (κ1) is 41.1. The van der Waals surface area contributed by atoms with Crippen LogP contribution in [0.2, 0.25) is 0 Å². The fourth-order valence-electron chi connectivity index (χ4n) is 5.11. The number of likely N-dealkylation sites (tertiary alicyclic amines) is 1. The second-order valence-corrected chi connectivity index (χ2v) is 12.4. The standard InChI is InChI=1S/C30H56N8O7S/c1-6-7-11-21(2)38(5)27(41)19-33-29(43)23(34-25(39)18-32-30(44)24-14-10-16-36(24)3)13-9-8-12-22(28(42)31-15-17-46)35-26(40)20-37(4)45/h21-24,45-46H,6-20H2,1-5H3,(H,31,42)(H,32,44)(H,33,43)(H,34,39)(H,35,40)/t21-,22-,23+,24?/m1/s1. The molecule has 0 bridgehead atoms. The molecule has 0 aromatic rings. The van der Waals surface area contributed by atoms with Gasteiger partial charge in [-0.15, -0.1) is 0 Å². The summed E-state index contributed by atoms with van der Waals surface area (Å²) in [4.78, 5) is 79.6. The van der Waals surface area contributed by atoms with Crippen molar-refractivity contribution in [2.45, 2.75) is 95.8 Å². The molecule has 0 aliphatic carbocycles. The smallest absolute Gasteiger partial charge is 0.243 e. The van der Waals surface area contributed by atoms with Crippen molar-refractivity contribution >= 4 is 48.1 Å². The van der Waals surface area contributed by atoms with Crippen molar-refractivity contribution in [1.29, 1.82) is 0 Å². The number of hydrogen-bond acceptors (Lipinski definition) is 10. The summed E-state index contributed by atoms with van der Waals surface area (Å²) < 4.78 is 0. The number of amides is 6. The summed E-state index contributed by atoms with van der Waals surface area (Å²) in [7, 11) is 4.86. The molecule has 0 aromatic heterocycles. The van der Waals surface area contributed by atoms with Crippen LogP contribution in [0.1, 0.15) is 71.6 Å². The minimum Gasteiger partial charge on any atom is -0.353 e. The van der Waals surface area contributed by atoms with Gasteiger partial charge in [0.2, 0.25) is 35.4 Å². The summed E-state index contributed by atoms with van der Waals surface area (Å²) in [6.45, 7) is 4.28. The van der Waals surface area contributed by atoms with Crippen LogP contribution in [0.4, 0.5) is 0 Å². The summed E-state index contributed by atoms with van der Waals surface area (Å²) in [5, 5.41) is 23.3. The molecule has 0 aromatic carbocycles. The summed E-state index contributed by atoms with van der Waals surface area (Å²) in [5.41, 5.74) is 0. The van der Waals surface area contributed by atoms with Crippen LogP contribution in [0.25, 0.3) is 0 Å². The van der Waals surface area contributed by atoms with E-state index < -0.39 is 35.7 Å². The molecule has 46 heavy (non-hydrogen) atoms. The third-order valence-corrected chi connectivity index (χ3v) is 8.24. The Morgan fingerprint density at radius 2 is 1.50 bits per heavy atom. The van der Waals surface area contributed by atoms with Crippen LogP contribution >= 0.6 is 12.6 Å². The highest BCUT2D eigenvalue weighted by Crippen LogP contribution is 2.14. The number of hydrogen-bond donors (Lipinski definition) is 7. The zero-order valence-corrected chi connectivity index (χ0v) is 29.0. The normalized spacial score (nSPS) is 16.7. The molecular formula is C30H56N8O7S. The number of carbonyl (C=O) groups excluding carboxylic acids is 6. The van der Waals surface area contributed by atoms with Gasteiger partial charge in [-0.1, -0.05) is 32.6 Å². The molecule has 1 unspecified atom stereocenters. The molecule has 6 amide bonds.